The Morgan fingerprint density at radius 2 is 1.43 bits per heavy atom. The Bertz CT molecular complexity index is 1250. The van der Waals surface area contributed by atoms with Crippen molar-refractivity contribution in [1.29, 1.82) is 0 Å². The number of benzene rings is 3. The average Bonchev–Trinajstić information content (AvgIpc) is 2.91. The van der Waals surface area contributed by atoms with Crippen LogP contribution in [-0.4, -0.2) is 18.2 Å². The van der Waals surface area contributed by atoms with E-state index in [1.807, 2.05) is 42.5 Å². The normalized spacial score (nSPS) is 27.6. The molecule has 37 heavy (non-hydrogen) atoms. The minimum absolute atomic E-state index is 0.0326. The summed E-state index contributed by atoms with van der Waals surface area (Å²) in [5, 5.41) is 0. The summed E-state index contributed by atoms with van der Waals surface area (Å²) in [6.45, 7) is -0.366. The molecule has 4 saturated carbocycles. The van der Waals surface area contributed by atoms with Crippen LogP contribution in [0, 0.1) is 41.8 Å². The largest absolute Gasteiger partial charge is 0.479 e. The first-order valence-electron chi connectivity index (χ1n) is 13.0. The van der Waals surface area contributed by atoms with Gasteiger partial charge in [-0.25, -0.2) is 9.18 Å². The van der Waals surface area contributed by atoms with E-state index < -0.39 is 28.3 Å². The van der Waals surface area contributed by atoms with E-state index in [-0.39, 0.29) is 24.2 Å². The van der Waals surface area contributed by atoms with Gasteiger partial charge < -0.3 is 9.47 Å². The molecule has 0 heterocycles. The van der Waals surface area contributed by atoms with Gasteiger partial charge in [-0.3, -0.25) is 0 Å². The van der Waals surface area contributed by atoms with Gasteiger partial charge in [-0.1, -0.05) is 42.3 Å². The van der Waals surface area contributed by atoms with E-state index in [0.717, 1.165) is 40.4 Å². The first-order valence-corrected chi connectivity index (χ1v) is 14.2. The van der Waals surface area contributed by atoms with Gasteiger partial charge in [0.1, 0.15) is 0 Å². The lowest BCUT2D eigenvalue weighted by Gasteiger charge is -2.58. The molecule has 188 valence electrons. The summed E-state index contributed by atoms with van der Waals surface area (Å²) in [7, 11) is -0.469. The molecule has 4 aliphatic carbocycles. The zero-order valence-corrected chi connectivity index (χ0v) is 21.5. The van der Waals surface area contributed by atoms with Crippen LogP contribution in [0.15, 0.2) is 93.5 Å². The van der Waals surface area contributed by atoms with Gasteiger partial charge >= 0.3 is 5.97 Å². The van der Waals surface area contributed by atoms with Crippen LogP contribution in [0.2, 0.25) is 0 Å². The quantitative estimate of drug-likeness (QED) is 0.201. The summed E-state index contributed by atoms with van der Waals surface area (Å²) < 4.78 is 26.8. The van der Waals surface area contributed by atoms with E-state index in [0.29, 0.717) is 11.8 Å². The number of halogens is 1. The van der Waals surface area contributed by atoms with Crippen molar-refractivity contribution in [3.05, 3.63) is 84.7 Å². The van der Waals surface area contributed by atoms with Gasteiger partial charge in [-0.2, -0.15) is 0 Å². The molecule has 3 aromatic rings. The molecule has 4 fully saturated rings. The van der Waals surface area contributed by atoms with Crippen LogP contribution in [0.4, 0.5) is 4.39 Å². The maximum absolute atomic E-state index is 15.2. The van der Waals surface area contributed by atoms with Gasteiger partial charge in [0.05, 0.1) is 10.9 Å². The fourth-order valence-electron chi connectivity index (χ4n) is 6.92. The zero-order chi connectivity index (χ0) is 25.4. The Morgan fingerprint density at radius 3 is 1.95 bits per heavy atom. The van der Waals surface area contributed by atoms with Crippen molar-refractivity contribution in [2.24, 2.45) is 23.7 Å². The van der Waals surface area contributed by atoms with Gasteiger partial charge in [0.15, 0.2) is 38.5 Å². The van der Waals surface area contributed by atoms with E-state index in [1.54, 1.807) is 6.07 Å². The molecule has 0 saturated heterocycles. The second-order valence-corrected chi connectivity index (χ2v) is 12.6. The van der Waals surface area contributed by atoms with Crippen LogP contribution in [0.25, 0.3) is 0 Å². The predicted molar refractivity (Wildman–Crippen MR) is 142 cm³/mol. The second kappa shape index (κ2) is 9.91. The summed E-state index contributed by atoms with van der Waals surface area (Å²) in [6, 6.07) is 25.1. The standard InChI is InChI=1S/C32H30FO3S/c1-2-32(24-16-22-15-23(18-24)19-25(32)17-22)36-31(34)21-35-30-14-13-28(20-29(30)33)37(26-9-5-3-6-10-26)27-11-7-4-8-12-27/h1,3-14,20,22-25H,15-19,21H2/q+1. The fraction of sp³-hybridized carbons (Fsp3) is 0.344. The number of carbonyl (C=O) groups excluding carboxylic acids is 1. The molecule has 0 atom stereocenters. The molecule has 3 aromatic carbocycles. The highest BCUT2D eigenvalue weighted by atomic mass is 32.2. The zero-order valence-electron chi connectivity index (χ0n) is 20.6. The van der Waals surface area contributed by atoms with E-state index in [2.05, 4.69) is 30.2 Å². The number of ether oxygens (including phenoxy) is 2. The Morgan fingerprint density at radius 1 is 0.865 bits per heavy atom. The Kier molecular flexibility index (Phi) is 6.46. The third-order valence-corrected chi connectivity index (χ3v) is 10.5. The van der Waals surface area contributed by atoms with Crippen molar-refractivity contribution in [1.82, 2.24) is 0 Å². The summed E-state index contributed by atoms with van der Waals surface area (Å²) in [5.74, 6) is 3.75. The molecule has 0 aliphatic heterocycles. The first kappa shape index (κ1) is 24.1. The maximum atomic E-state index is 15.2. The van der Waals surface area contributed by atoms with Crippen molar-refractivity contribution >= 4 is 16.9 Å². The molecule has 0 spiro atoms. The lowest BCUT2D eigenvalue weighted by atomic mass is 9.50. The minimum atomic E-state index is -0.837. The minimum Gasteiger partial charge on any atom is -0.479 e. The number of carbonyl (C=O) groups is 1. The third-order valence-electron chi connectivity index (χ3n) is 8.30. The molecule has 0 aromatic heterocycles. The molecule has 0 unspecified atom stereocenters. The molecule has 0 radical (unpaired) electrons. The van der Waals surface area contributed by atoms with Gasteiger partial charge in [-0.05, 0) is 80.3 Å². The topological polar surface area (TPSA) is 35.5 Å². The van der Waals surface area contributed by atoms with Crippen molar-refractivity contribution in [2.75, 3.05) is 6.61 Å². The lowest BCUT2D eigenvalue weighted by molar-refractivity contribution is -0.191. The highest BCUT2D eigenvalue weighted by Gasteiger charge is 2.59. The number of hydrogen-bond donors (Lipinski definition) is 0. The first-order chi connectivity index (χ1) is 18.1. The van der Waals surface area contributed by atoms with Crippen molar-refractivity contribution in [2.45, 2.75) is 52.4 Å². The number of terminal acetylenes is 1. The Balaban J connectivity index is 1.17. The van der Waals surface area contributed by atoms with E-state index >= 15 is 4.39 Å². The smallest absolute Gasteiger partial charge is 0.345 e. The molecular weight excluding hydrogens is 483 g/mol. The molecule has 5 heteroatoms. The van der Waals surface area contributed by atoms with Crippen LogP contribution in [0.3, 0.4) is 0 Å². The monoisotopic (exact) mass is 513 g/mol. The highest BCUT2D eigenvalue weighted by molar-refractivity contribution is 7.97. The van der Waals surface area contributed by atoms with E-state index in [1.165, 1.54) is 12.5 Å². The Labute approximate surface area is 220 Å². The van der Waals surface area contributed by atoms with Crippen molar-refractivity contribution in [3.8, 4) is 18.1 Å². The van der Waals surface area contributed by atoms with Crippen LogP contribution in [-0.2, 0) is 20.4 Å². The summed E-state index contributed by atoms with van der Waals surface area (Å²) >= 11 is 0. The van der Waals surface area contributed by atoms with Crippen LogP contribution < -0.4 is 4.74 Å². The molecule has 3 nitrogen and oxygen atoms in total. The third kappa shape index (κ3) is 4.53. The maximum Gasteiger partial charge on any atom is 0.345 e. The molecule has 4 aliphatic rings. The number of rotatable bonds is 7. The lowest BCUT2D eigenvalue weighted by Crippen LogP contribution is -2.59. The van der Waals surface area contributed by atoms with Crippen molar-refractivity contribution in [3.63, 3.8) is 0 Å². The van der Waals surface area contributed by atoms with Crippen LogP contribution in [0.5, 0.6) is 5.75 Å². The van der Waals surface area contributed by atoms with E-state index in [4.69, 9.17) is 15.9 Å². The average molecular weight is 514 g/mol. The van der Waals surface area contributed by atoms with Gasteiger partial charge in [-0.15, -0.1) is 6.42 Å². The fourth-order valence-corrected chi connectivity index (χ4v) is 9.02. The summed E-state index contributed by atoms with van der Waals surface area (Å²) in [6.07, 6.45) is 11.4. The summed E-state index contributed by atoms with van der Waals surface area (Å²) in [4.78, 5) is 15.9. The van der Waals surface area contributed by atoms with Crippen LogP contribution >= 0.6 is 0 Å². The van der Waals surface area contributed by atoms with Crippen molar-refractivity contribution < 1.29 is 18.7 Å². The second-order valence-electron chi connectivity index (χ2n) is 10.5. The molecule has 0 amide bonds. The summed E-state index contributed by atoms with van der Waals surface area (Å²) in [5.41, 5.74) is -0.837. The molecule has 4 bridgehead atoms. The SMILES string of the molecule is C#CC1(OC(=O)COc2ccc([S+](c3ccccc3)c3ccccc3)cc2F)C2CC3CC(C2)CC1C3. The number of esters is 1. The van der Waals surface area contributed by atoms with Gasteiger partial charge in [0.2, 0.25) is 0 Å². The predicted octanol–water partition coefficient (Wildman–Crippen LogP) is 6.67. The van der Waals surface area contributed by atoms with Gasteiger partial charge in [0, 0.05) is 17.9 Å². The van der Waals surface area contributed by atoms with Gasteiger partial charge in [0.25, 0.3) is 0 Å². The Hall–Kier alpha value is -3.23. The number of hydrogen-bond acceptors (Lipinski definition) is 3. The molecule has 7 rings (SSSR count). The molecular formula is C32H30FO3S+. The van der Waals surface area contributed by atoms with Crippen LogP contribution in [0.1, 0.15) is 32.1 Å². The highest BCUT2D eigenvalue weighted by Crippen LogP contribution is 2.59. The molecule has 0 N–H and O–H groups in total. The van der Waals surface area contributed by atoms with E-state index in [9.17, 15) is 4.79 Å².